The van der Waals surface area contributed by atoms with Gasteiger partial charge in [-0.15, -0.1) is 0 Å². The number of halogens is 1. The minimum absolute atomic E-state index is 0.151. The van der Waals surface area contributed by atoms with E-state index in [-0.39, 0.29) is 5.97 Å². The first-order chi connectivity index (χ1) is 5.31. The van der Waals surface area contributed by atoms with Crippen LogP contribution in [0.2, 0.25) is 0 Å². The Hall–Kier alpha value is -0.0900. The minimum Gasteiger partial charge on any atom is -0.465 e. The highest BCUT2D eigenvalue weighted by Gasteiger charge is 2.00. The van der Waals surface area contributed by atoms with Gasteiger partial charge in [0.2, 0.25) is 0 Å². The molecule has 0 radical (unpaired) electrons. The highest BCUT2D eigenvalue weighted by molar-refractivity contribution is 9.09. The predicted molar refractivity (Wildman–Crippen MR) is 45.9 cm³/mol. The largest absolute Gasteiger partial charge is 0.465 e. The molecule has 0 atom stereocenters. The summed E-state index contributed by atoms with van der Waals surface area (Å²) in [6.45, 7) is 1.06. The normalized spacial score (nSPS) is 9.64. The van der Waals surface area contributed by atoms with Crippen LogP contribution in [0.3, 0.4) is 0 Å². The maximum Gasteiger partial charge on any atom is 0.305 e. The fourth-order valence-electron chi connectivity index (χ4n) is 0.585. The zero-order valence-electron chi connectivity index (χ0n) is 6.64. The van der Waals surface area contributed by atoms with Gasteiger partial charge in [0.15, 0.2) is 0 Å². The summed E-state index contributed by atoms with van der Waals surface area (Å²) >= 11 is 3.16. The van der Waals surface area contributed by atoms with Gasteiger partial charge in [0.1, 0.15) is 6.61 Å². The summed E-state index contributed by atoms with van der Waals surface area (Å²) in [7, 11) is 1.61. The van der Waals surface area contributed by atoms with E-state index in [0.717, 1.165) is 6.42 Å². The lowest BCUT2D eigenvalue weighted by Crippen LogP contribution is -2.07. The lowest BCUT2D eigenvalue weighted by molar-refractivity contribution is -0.143. The Morgan fingerprint density at radius 3 is 2.73 bits per heavy atom. The summed E-state index contributed by atoms with van der Waals surface area (Å²) in [5.74, 6) is -0.151. The van der Waals surface area contributed by atoms with Gasteiger partial charge in [-0.05, 0) is 6.42 Å². The van der Waals surface area contributed by atoms with Gasteiger partial charge in [0.25, 0.3) is 0 Å². The van der Waals surface area contributed by atoms with Crippen molar-refractivity contribution in [2.45, 2.75) is 12.8 Å². The van der Waals surface area contributed by atoms with E-state index in [0.29, 0.717) is 25.0 Å². The van der Waals surface area contributed by atoms with Crippen molar-refractivity contribution in [1.29, 1.82) is 0 Å². The second kappa shape index (κ2) is 8.01. The van der Waals surface area contributed by atoms with E-state index in [9.17, 15) is 4.79 Å². The van der Waals surface area contributed by atoms with Crippen molar-refractivity contribution in [1.82, 2.24) is 0 Å². The van der Waals surface area contributed by atoms with Crippen LogP contribution in [0.15, 0.2) is 0 Å². The van der Waals surface area contributed by atoms with Gasteiger partial charge in [-0.3, -0.25) is 4.79 Å². The lowest BCUT2D eigenvalue weighted by Gasteiger charge is -2.01. The smallest absolute Gasteiger partial charge is 0.305 e. The quantitative estimate of drug-likeness (QED) is 0.389. The van der Waals surface area contributed by atoms with Crippen molar-refractivity contribution < 1.29 is 14.3 Å². The monoisotopic (exact) mass is 224 g/mol. The Labute approximate surface area is 75.2 Å². The van der Waals surface area contributed by atoms with Crippen molar-refractivity contribution in [3.8, 4) is 0 Å². The van der Waals surface area contributed by atoms with Crippen molar-refractivity contribution in [2.75, 3.05) is 25.7 Å². The summed E-state index contributed by atoms with van der Waals surface area (Å²) in [6, 6.07) is 0. The highest BCUT2D eigenvalue weighted by atomic mass is 79.9. The standard InChI is InChI=1S/C7H13BrO3/c1-10-5-2-3-7(9)11-6-4-8/h2-6H2,1H3. The van der Waals surface area contributed by atoms with Gasteiger partial charge < -0.3 is 9.47 Å². The van der Waals surface area contributed by atoms with Crippen LogP contribution in [-0.2, 0) is 14.3 Å². The number of ether oxygens (including phenoxy) is 2. The lowest BCUT2D eigenvalue weighted by atomic mass is 10.3. The Bertz CT molecular complexity index is 106. The first-order valence-electron chi connectivity index (χ1n) is 3.51. The molecule has 0 amide bonds. The molecule has 4 heteroatoms. The van der Waals surface area contributed by atoms with Gasteiger partial charge in [-0.25, -0.2) is 0 Å². The average molecular weight is 225 g/mol. The van der Waals surface area contributed by atoms with Crippen molar-refractivity contribution in [3.63, 3.8) is 0 Å². The molecule has 0 aromatic rings. The van der Waals surface area contributed by atoms with E-state index < -0.39 is 0 Å². The first kappa shape index (κ1) is 10.9. The minimum atomic E-state index is -0.151. The molecular weight excluding hydrogens is 212 g/mol. The van der Waals surface area contributed by atoms with Crippen molar-refractivity contribution in [2.24, 2.45) is 0 Å². The van der Waals surface area contributed by atoms with Crippen LogP contribution in [0, 0.1) is 0 Å². The fraction of sp³-hybridized carbons (Fsp3) is 0.857. The molecule has 3 nitrogen and oxygen atoms in total. The van der Waals surface area contributed by atoms with E-state index in [1.165, 1.54) is 0 Å². The molecule has 0 aliphatic heterocycles. The van der Waals surface area contributed by atoms with Gasteiger partial charge in [-0.2, -0.15) is 0 Å². The van der Waals surface area contributed by atoms with Crippen LogP contribution >= 0.6 is 15.9 Å². The van der Waals surface area contributed by atoms with Crippen LogP contribution in [0.25, 0.3) is 0 Å². The summed E-state index contributed by atoms with van der Waals surface area (Å²) in [6.07, 6.45) is 1.18. The van der Waals surface area contributed by atoms with E-state index in [2.05, 4.69) is 15.9 Å². The summed E-state index contributed by atoms with van der Waals surface area (Å²) in [4.78, 5) is 10.8. The number of rotatable bonds is 6. The summed E-state index contributed by atoms with van der Waals surface area (Å²) in [5, 5.41) is 0.697. The Morgan fingerprint density at radius 2 is 2.18 bits per heavy atom. The summed E-state index contributed by atoms with van der Waals surface area (Å²) < 4.78 is 9.58. The zero-order valence-corrected chi connectivity index (χ0v) is 8.22. The molecule has 0 bridgehead atoms. The molecule has 0 saturated heterocycles. The van der Waals surface area contributed by atoms with Crippen LogP contribution in [0.1, 0.15) is 12.8 Å². The third kappa shape index (κ3) is 7.81. The van der Waals surface area contributed by atoms with Crippen LogP contribution in [0.4, 0.5) is 0 Å². The topological polar surface area (TPSA) is 35.5 Å². The Kier molecular flexibility index (Phi) is 7.95. The first-order valence-corrected chi connectivity index (χ1v) is 4.64. The Balaban J connectivity index is 3.09. The van der Waals surface area contributed by atoms with E-state index in [1.54, 1.807) is 7.11 Å². The Morgan fingerprint density at radius 1 is 1.45 bits per heavy atom. The van der Waals surface area contributed by atoms with Gasteiger partial charge in [0.05, 0.1) is 0 Å². The number of esters is 1. The summed E-state index contributed by atoms with van der Waals surface area (Å²) in [5.41, 5.74) is 0. The molecule has 0 N–H and O–H groups in total. The van der Waals surface area contributed by atoms with Crippen LogP contribution in [0.5, 0.6) is 0 Å². The number of carbonyl (C=O) groups is 1. The molecule has 0 spiro atoms. The molecule has 0 aliphatic carbocycles. The van der Waals surface area contributed by atoms with E-state index in [1.807, 2.05) is 0 Å². The second-order valence-corrected chi connectivity index (χ2v) is 2.80. The third-order valence-corrected chi connectivity index (χ3v) is 1.39. The molecule has 0 unspecified atom stereocenters. The van der Waals surface area contributed by atoms with Crippen LogP contribution < -0.4 is 0 Å². The number of hydrogen-bond acceptors (Lipinski definition) is 3. The third-order valence-electron chi connectivity index (χ3n) is 1.07. The maximum atomic E-state index is 10.8. The molecule has 0 rings (SSSR count). The number of carbonyl (C=O) groups excluding carboxylic acids is 1. The number of methoxy groups -OCH3 is 1. The number of alkyl halides is 1. The molecule has 0 fully saturated rings. The van der Waals surface area contributed by atoms with Gasteiger partial charge in [-0.1, -0.05) is 15.9 Å². The molecule has 0 saturated carbocycles. The molecule has 0 heterocycles. The average Bonchev–Trinajstić information content (AvgIpc) is 2.01. The molecule has 0 aliphatic rings. The van der Waals surface area contributed by atoms with Crippen molar-refractivity contribution in [3.05, 3.63) is 0 Å². The number of hydrogen-bond donors (Lipinski definition) is 0. The molecule has 0 aromatic carbocycles. The van der Waals surface area contributed by atoms with E-state index >= 15 is 0 Å². The van der Waals surface area contributed by atoms with E-state index in [4.69, 9.17) is 9.47 Å². The zero-order chi connectivity index (χ0) is 8.53. The SMILES string of the molecule is COCCCC(=O)OCCBr. The molecule has 0 aromatic heterocycles. The second-order valence-electron chi connectivity index (χ2n) is 2.01. The molecule has 11 heavy (non-hydrogen) atoms. The predicted octanol–water partition coefficient (Wildman–Crippen LogP) is 1.35. The van der Waals surface area contributed by atoms with Gasteiger partial charge in [0, 0.05) is 25.5 Å². The van der Waals surface area contributed by atoms with Crippen LogP contribution in [-0.4, -0.2) is 31.6 Å². The molecule has 66 valence electrons. The maximum absolute atomic E-state index is 10.8. The molecular formula is C7H13BrO3. The van der Waals surface area contributed by atoms with Crippen molar-refractivity contribution >= 4 is 21.9 Å². The fourth-order valence-corrected chi connectivity index (χ4v) is 0.747. The highest BCUT2D eigenvalue weighted by Crippen LogP contribution is 1.93. The van der Waals surface area contributed by atoms with Gasteiger partial charge >= 0.3 is 5.97 Å².